The average molecular weight is 209 g/mol. The molecule has 0 fully saturated rings. The fraction of sp³-hybridized carbons (Fsp3) is 0.300. The van der Waals surface area contributed by atoms with Gasteiger partial charge in [0, 0.05) is 6.54 Å². The molecule has 3 N–H and O–H groups in total. The van der Waals surface area contributed by atoms with Crippen LogP contribution in [0, 0.1) is 5.82 Å². The molecule has 0 saturated carbocycles. The van der Waals surface area contributed by atoms with Crippen molar-refractivity contribution >= 4 is 16.8 Å². The van der Waals surface area contributed by atoms with Gasteiger partial charge >= 0.3 is 0 Å². The maximum Gasteiger partial charge on any atom is 0.177 e. The van der Waals surface area contributed by atoms with Crippen LogP contribution >= 0.6 is 0 Å². The summed E-state index contributed by atoms with van der Waals surface area (Å²) in [6.45, 7) is 1.31. The lowest BCUT2D eigenvalue weighted by atomic mass is 10.2. The molecule has 2 rings (SSSR count). The number of rotatable bonds is 4. The molecule has 0 aliphatic heterocycles. The van der Waals surface area contributed by atoms with Crippen LogP contribution in [0.2, 0.25) is 0 Å². The van der Waals surface area contributed by atoms with Gasteiger partial charge < -0.3 is 15.6 Å². The first-order valence-electron chi connectivity index (χ1n) is 4.80. The Morgan fingerprint density at radius 2 is 2.33 bits per heavy atom. The van der Waals surface area contributed by atoms with Gasteiger partial charge in [0.15, 0.2) is 11.4 Å². The van der Waals surface area contributed by atoms with Gasteiger partial charge in [-0.05, 0) is 31.2 Å². The Bertz CT molecular complexity index is 455. The van der Waals surface area contributed by atoms with Crippen molar-refractivity contribution in [1.82, 2.24) is 5.16 Å². The Kier molecular flexibility index (Phi) is 2.82. The highest BCUT2D eigenvalue weighted by Crippen LogP contribution is 2.23. The van der Waals surface area contributed by atoms with Crippen LogP contribution in [0.1, 0.15) is 6.42 Å². The monoisotopic (exact) mass is 209 g/mol. The zero-order chi connectivity index (χ0) is 10.7. The van der Waals surface area contributed by atoms with Gasteiger partial charge in [0.1, 0.15) is 5.82 Å². The van der Waals surface area contributed by atoms with Gasteiger partial charge in [-0.3, -0.25) is 0 Å². The van der Waals surface area contributed by atoms with Gasteiger partial charge in [-0.15, -0.1) is 0 Å². The molecule has 0 bridgehead atoms. The molecule has 1 aromatic carbocycles. The first-order chi connectivity index (χ1) is 7.31. The van der Waals surface area contributed by atoms with E-state index in [-0.39, 0.29) is 5.82 Å². The second-order valence-electron chi connectivity index (χ2n) is 3.24. The molecule has 4 nitrogen and oxygen atoms in total. The Labute approximate surface area is 86.2 Å². The molecule has 1 heterocycles. The lowest BCUT2D eigenvalue weighted by molar-refractivity contribution is 0.459. The van der Waals surface area contributed by atoms with Crippen LogP contribution in [-0.4, -0.2) is 18.2 Å². The third-order valence-electron chi connectivity index (χ3n) is 2.11. The van der Waals surface area contributed by atoms with Crippen molar-refractivity contribution in [2.24, 2.45) is 5.73 Å². The zero-order valence-electron chi connectivity index (χ0n) is 8.16. The number of anilines is 1. The van der Waals surface area contributed by atoms with Crippen molar-refractivity contribution < 1.29 is 8.91 Å². The molecule has 0 atom stereocenters. The molecular weight excluding hydrogens is 197 g/mol. The summed E-state index contributed by atoms with van der Waals surface area (Å²) in [4.78, 5) is 0. The Balaban J connectivity index is 2.23. The molecule has 0 amide bonds. The van der Waals surface area contributed by atoms with E-state index in [2.05, 4.69) is 10.5 Å². The van der Waals surface area contributed by atoms with Crippen molar-refractivity contribution in [3.05, 3.63) is 24.0 Å². The molecule has 2 aromatic rings. The highest BCUT2D eigenvalue weighted by Gasteiger charge is 2.07. The highest BCUT2D eigenvalue weighted by atomic mass is 19.1. The van der Waals surface area contributed by atoms with E-state index in [9.17, 15) is 4.39 Å². The Morgan fingerprint density at radius 1 is 1.47 bits per heavy atom. The van der Waals surface area contributed by atoms with Crippen molar-refractivity contribution in [2.75, 3.05) is 18.4 Å². The van der Waals surface area contributed by atoms with E-state index in [1.165, 1.54) is 12.1 Å². The van der Waals surface area contributed by atoms with E-state index >= 15 is 0 Å². The van der Waals surface area contributed by atoms with E-state index in [4.69, 9.17) is 10.3 Å². The largest absolute Gasteiger partial charge is 0.367 e. The average Bonchev–Trinajstić information content (AvgIpc) is 2.62. The van der Waals surface area contributed by atoms with E-state index < -0.39 is 0 Å². The predicted octanol–water partition coefficient (Wildman–Crippen LogP) is 1.73. The molecule has 15 heavy (non-hydrogen) atoms. The number of benzene rings is 1. The molecule has 0 aliphatic carbocycles. The topological polar surface area (TPSA) is 64.1 Å². The molecule has 0 unspecified atom stereocenters. The number of aromatic nitrogens is 1. The summed E-state index contributed by atoms with van der Waals surface area (Å²) in [7, 11) is 0. The summed E-state index contributed by atoms with van der Waals surface area (Å²) in [6, 6.07) is 4.31. The third kappa shape index (κ3) is 2.07. The molecule has 1 aromatic heterocycles. The number of nitrogens with one attached hydrogen (secondary N) is 1. The minimum atomic E-state index is -0.299. The van der Waals surface area contributed by atoms with Crippen molar-refractivity contribution in [3.8, 4) is 0 Å². The molecule has 0 radical (unpaired) electrons. The summed E-state index contributed by atoms with van der Waals surface area (Å²) in [5.74, 6) is 0.269. The van der Waals surface area contributed by atoms with Crippen molar-refractivity contribution in [1.29, 1.82) is 0 Å². The summed E-state index contributed by atoms with van der Waals surface area (Å²) in [6.07, 6.45) is 0.837. The number of nitrogens with two attached hydrogens (primary N) is 1. The number of hydrogen-bond acceptors (Lipinski definition) is 4. The number of fused-ring (bicyclic) bond motifs is 1. The minimum Gasteiger partial charge on any atom is -0.367 e. The van der Waals surface area contributed by atoms with E-state index in [1.807, 2.05) is 0 Å². The number of halogens is 1. The Morgan fingerprint density at radius 3 is 3.13 bits per heavy atom. The van der Waals surface area contributed by atoms with Crippen LogP contribution in [0.25, 0.3) is 11.0 Å². The van der Waals surface area contributed by atoms with Gasteiger partial charge in [0.25, 0.3) is 0 Å². The quantitative estimate of drug-likeness (QED) is 0.752. The van der Waals surface area contributed by atoms with Gasteiger partial charge in [0.2, 0.25) is 0 Å². The number of hydrogen-bond donors (Lipinski definition) is 2. The molecule has 5 heteroatoms. The standard InChI is InChI=1S/C10H12FN3O/c11-7-2-3-9-8(6-7)10(14-15-9)13-5-1-4-12/h2-3,6H,1,4-5,12H2,(H,13,14). The highest BCUT2D eigenvalue weighted by molar-refractivity contribution is 5.87. The van der Waals surface area contributed by atoms with E-state index in [1.54, 1.807) is 6.07 Å². The number of nitrogens with zero attached hydrogens (tertiary/aromatic N) is 1. The van der Waals surface area contributed by atoms with Crippen LogP contribution in [0.3, 0.4) is 0 Å². The van der Waals surface area contributed by atoms with Crippen LogP contribution in [0.5, 0.6) is 0 Å². The van der Waals surface area contributed by atoms with E-state index in [0.717, 1.165) is 6.42 Å². The molecule has 0 spiro atoms. The predicted molar refractivity (Wildman–Crippen MR) is 56.1 cm³/mol. The lowest BCUT2D eigenvalue weighted by Crippen LogP contribution is -2.08. The Hall–Kier alpha value is -1.62. The molecular formula is C10H12FN3O. The van der Waals surface area contributed by atoms with Gasteiger partial charge in [-0.1, -0.05) is 5.16 Å². The second-order valence-corrected chi connectivity index (χ2v) is 3.24. The second kappa shape index (κ2) is 4.27. The zero-order valence-corrected chi connectivity index (χ0v) is 8.16. The lowest BCUT2D eigenvalue weighted by Gasteiger charge is -2.00. The summed E-state index contributed by atoms with van der Waals surface area (Å²) in [5.41, 5.74) is 5.94. The van der Waals surface area contributed by atoms with Crippen molar-refractivity contribution in [3.63, 3.8) is 0 Å². The first-order valence-corrected chi connectivity index (χ1v) is 4.80. The first kappa shape index (κ1) is 9.92. The minimum absolute atomic E-state index is 0.299. The van der Waals surface area contributed by atoms with Crippen molar-refractivity contribution in [2.45, 2.75) is 6.42 Å². The SMILES string of the molecule is NCCCNc1noc2ccc(F)cc12. The molecule has 80 valence electrons. The van der Waals surface area contributed by atoms with E-state index in [0.29, 0.717) is 29.9 Å². The maximum absolute atomic E-state index is 13.0. The van der Waals surface area contributed by atoms with Crippen LogP contribution in [-0.2, 0) is 0 Å². The van der Waals surface area contributed by atoms with Gasteiger partial charge in [0.05, 0.1) is 5.39 Å². The van der Waals surface area contributed by atoms with Gasteiger partial charge in [-0.25, -0.2) is 4.39 Å². The third-order valence-corrected chi connectivity index (χ3v) is 2.11. The van der Waals surface area contributed by atoms with Crippen LogP contribution in [0.15, 0.2) is 22.7 Å². The smallest absolute Gasteiger partial charge is 0.177 e. The van der Waals surface area contributed by atoms with Crippen LogP contribution in [0.4, 0.5) is 10.2 Å². The normalized spacial score (nSPS) is 10.8. The fourth-order valence-electron chi connectivity index (χ4n) is 1.35. The summed E-state index contributed by atoms with van der Waals surface area (Å²) >= 11 is 0. The van der Waals surface area contributed by atoms with Gasteiger partial charge in [-0.2, -0.15) is 0 Å². The fourth-order valence-corrected chi connectivity index (χ4v) is 1.35. The summed E-state index contributed by atoms with van der Waals surface area (Å²) in [5, 5.41) is 7.52. The van der Waals surface area contributed by atoms with Crippen LogP contribution < -0.4 is 11.1 Å². The molecule has 0 saturated heterocycles. The molecule has 0 aliphatic rings. The summed E-state index contributed by atoms with van der Waals surface area (Å²) < 4.78 is 18.0. The maximum atomic E-state index is 13.0.